The number of urea groups is 1. The van der Waals surface area contributed by atoms with Crippen LogP contribution in [0.3, 0.4) is 0 Å². The van der Waals surface area contributed by atoms with Gasteiger partial charge in [0.05, 0.1) is 0 Å². The molecule has 0 aromatic heterocycles. The van der Waals surface area contributed by atoms with E-state index in [1.54, 1.807) is 23.9 Å². The van der Waals surface area contributed by atoms with Gasteiger partial charge >= 0.3 is 6.03 Å². The second kappa shape index (κ2) is 5.39. The molecule has 0 fully saturated rings. The van der Waals surface area contributed by atoms with Gasteiger partial charge in [-0.25, -0.2) is 4.79 Å². The summed E-state index contributed by atoms with van der Waals surface area (Å²) < 4.78 is 0. The van der Waals surface area contributed by atoms with Crippen LogP contribution in [0.4, 0.5) is 10.5 Å². The van der Waals surface area contributed by atoms with Gasteiger partial charge in [0, 0.05) is 32.9 Å². The highest BCUT2D eigenvalue weighted by atomic mass is 16.2. The van der Waals surface area contributed by atoms with Gasteiger partial charge in [-0.15, -0.1) is 0 Å². The van der Waals surface area contributed by atoms with E-state index in [2.05, 4.69) is 0 Å². The highest BCUT2D eigenvalue weighted by Gasteiger charge is 2.12. The third-order valence-electron chi connectivity index (χ3n) is 2.50. The molecule has 16 heavy (non-hydrogen) atoms. The van der Waals surface area contributed by atoms with Gasteiger partial charge < -0.3 is 15.5 Å². The number of hydrogen-bond acceptors (Lipinski definition) is 2. The molecule has 2 amide bonds. The first-order valence-electron chi connectivity index (χ1n) is 5.35. The maximum atomic E-state index is 11.8. The molecule has 2 N–H and O–H groups in total. The minimum absolute atomic E-state index is 0.0184. The second-order valence-corrected chi connectivity index (χ2v) is 3.90. The number of rotatable bonds is 3. The molecule has 0 aliphatic carbocycles. The number of nitrogens with zero attached hydrogens (tertiary/aromatic N) is 2. The predicted molar refractivity (Wildman–Crippen MR) is 66.0 cm³/mol. The average molecular weight is 221 g/mol. The summed E-state index contributed by atoms with van der Waals surface area (Å²) >= 11 is 0. The Morgan fingerprint density at radius 3 is 2.56 bits per heavy atom. The molecule has 0 radical (unpaired) electrons. The summed E-state index contributed by atoms with van der Waals surface area (Å²) in [6.45, 7) is 3.24. The number of amides is 2. The summed E-state index contributed by atoms with van der Waals surface area (Å²) in [5.74, 6) is 0. The van der Waals surface area contributed by atoms with Crippen molar-refractivity contribution in [3.63, 3.8) is 0 Å². The molecule has 0 aliphatic heterocycles. The van der Waals surface area contributed by atoms with Crippen molar-refractivity contribution in [3.05, 3.63) is 29.8 Å². The van der Waals surface area contributed by atoms with Crippen LogP contribution in [0.15, 0.2) is 24.3 Å². The lowest BCUT2D eigenvalue weighted by molar-refractivity contribution is 0.173. The lowest BCUT2D eigenvalue weighted by Gasteiger charge is -2.23. The monoisotopic (exact) mass is 221 g/mol. The molecule has 4 heteroatoms. The molecule has 1 aromatic rings. The van der Waals surface area contributed by atoms with Gasteiger partial charge in [-0.05, 0) is 24.6 Å². The largest absolute Gasteiger partial charge is 0.399 e. The molecule has 0 bridgehead atoms. The fourth-order valence-corrected chi connectivity index (χ4v) is 1.46. The Kier molecular flexibility index (Phi) is 4.17. The zero-order chi connectivity index (χ0) is 12.1. The van der Waals surface area contributed by atoms with E-state index < -0.39 is 0 Å². The van der Waals surface area contributed by atoms with E-state index in [0.29, 0.717) is 13.1 Å². The molecule has 0 spiro atoms. The van der Waals surface area contributed by atoms with Crippen LogP contribution < -0.4 is 5.73 Å². The molecule has 88 valence electrons. The molecule has 0 saturated heterocycles. The quantitative estimate of drug-likeness (QED) is 0.791. The third kappa shape index (κ3) is 3.15. The van der Waals surface area contributed by atoms with Gasteiger partial charge in [0.25, 0.3) is 0 Å². The van der Waals surface area contributed by atoms with E-state index in [9.17, 15) is 4.79 Å². The first-order chi connectivity index (χ1) is 7.54. The predicted octanol–water partition coefficient (Wildman–Crippen LogP) is 1.77. The molecule has 0 aliphatic rings. The molecule has 1 aromatic carbocycles. The van der Waals surface area contributed by atoms with E-state index >= 15 is 0 Å². The Morgan fingerprint density at radius 2 is 2.00 bits per heavy atom. The minimum Gasteiger partial charge on any atom is -0.399 e. The number of hydrogen-bond donors (Lipinski definition) is 1. The number of nitrogens with two attached hydrogens (primary N) is 1. The molecule has 0 unspecified atom stereocenters. The minimum atomic E-state index is 0.0184. The molecule has 0 atom stereocenters. The average Bonchev–Trinajstić information content (AvgIpc) is 2.27. The van der Waals surface area contributed by atoms with Crippen molar-refractivity contribution in [1.29, 1.82) is 0 Å². The van der Waals surface area contributed by atoms with Crippen molar-refractivity contribution in [2.45, 2.75) is 13.5 Å². The van der Waals surface area contributed by atoms with Crippen LogP contribution in [-0.2, 0) is 6.54 Å². The highest BCUT2D eigenvalue weighted by Crippen LogP contribution is 2.09. The number of benzene rings is 1. The van der Waals surface area contributed by atoms with E-state index in [-0.39, 0.29) is 6.03 Å². The summed E-state index contributed by atoms with van der Waals surface area (Å²) in [6, 6.07) is 7.60. The van der Waals surface area contributed by atoms with Gasteiger partial charge in [-0.2, -0.15) is 0 Å². The van der Waals surface area contributed by atoms with Crippen LogP contribution in [0.2, 0.25) is 0 Å². The number of nitrogen functional groups attached to an aromatic ring is 1. The summed E-state index contributed by atoms with van der Waals surface area (Å²) in [4.78, 5) is 15.1. The van der Waals surface area contributed by atoms with E-state index in [1.165, 1.54) is 0 Å². The first kappa shape index (κ1) is 12.4. The summed E-state index contributed by atoms with van der Waals surface area (Å²) in [7, 11) is 3.58. The van der Waals surface area contributed by atoms with Crippen LogP contribution in [0.1, 0.15) is 12.5 Å². The van der Waals surface area contributed by atoms with Crippen LogP contribution in [0, 0.1) is 0 Å². The molecule has 0 heterocycles. The van der Waals surface area contributed by atoms with E-state index in [4.69, 9.17) is 5.73 Å². The second-order valence-electron chi connectivity index (χ2n) is 3.90. The zero-order valence-corrected chi connectivity index (χ0v) is 10.1. The molecule has 1 rings (SSSR count). The fraction of sp³-hybridized carbons (Fsp3) is 0.417. The van der Waals surface area contributed by atoms with Crippen LogP contribution >= 0.6 is 0 Å². The van der Waals surface area contributed by atoms with Gasteiger partial charge in [0.15, 0.2) is 0 Å². The molecule has 4 nitrogen and oxygen atoms in total. The number of carbonyl (C=O) groups excluding carboxylic acids is 1. The number of carbonyl (C=O) groups is 1. The lowest BCUT2D eigenvalue weighted by Crippen LogP contribution is -2.38. The standard InChI is InChI=1S/C12H19N3O/c1-4-14(2)12(16)15(3)9-10-6-5-7-11(13)8-10/h5-8H,4,9,13H2,1-3H3. The van der Waals surface area contributed by atoms with Gasteiger partial charge in [0.2, 0.25) is 0 Å². The Labute approximate surface area is 96.6 Å². The Morgan fingerprint density at radius 1 is 1.31 bits per heavy atom. The van der Waals surface area contributed by atoms with Crippen LogP contribution in [0.25, 0.3) is 0 Å². The van der Waals surface area contributed by atoms with Gasteiger partial charge in [-0.1, -0.05) is 12.1 Å². The van der Waals surface area contributed by atoms with Crippen molar-refractivity contribution >= 4 is 11.7 Å². The van der Waals surface area contributed by atoms with Crippen LogP contribution in [0.5, 0.6) is 0 Å². The number of anilines is 1. The molecular formula is C12H19N3O. The van der Waals surface area contributed by atoms with Gasteiger partial charge in [0.1, 0.15) is 0 Å². The first-order valence-corrected chi connectivity index (χ1v) is 5.35. The van der Waals surface area contributed by atoms with Crippen molar-refractivity contribution in [2.24, 2.45) is 0 Å². The third-order valence-corrected chi connectivity index (χ3v) is 2.50. The van der Waals surface area contributed by atoms with E-state index in [0.717, 1.165) is 11.3 Å². The van der Waals surface area contributed by atoms with Crippen molar-refractivity contribution in [2.75, 3.05) is 26.4 Å². The molecule has 0 saturated carbocycles. The normalized spacial score (nSPS) is 9.94. The summed E-state index contributed by atoms with van der Waals surface area (Å²) in [6.07, 6.45) is 0. The highest BCUT2D eigenvalue weighted by molar-refractivity contribution is 5.73. The maximum Gasteiger partial charge on any atom is 0.319 e. The lowest BCUT2D eigenvalue weighted by atomic mass is 10.2. The Balaban J connectivity index is 2.64. The van der Waals surface area contributed by atoms with Crippen molar-refractivity contribution in [1.82, 2.24) is 9.80 Å². The van der Waals surface area contributed by atoms with Crippen molar-refractivity contribution < 1.29 is 4.79 Å². The van der Waals surface area contributed by atoms with Crippen LogP contribution in [-0.4, -0.2) is 36.5 Å². The maximum absolute atomic E-state index is 11.8. The SMILES string of the molecule is CCN(C)C(=O)N(C)Cc1cccc(N)c1. The zero-order valence-electron chi connectivity index (χ0n) is 10.1. The van der Waals surface area contributed by atoms with Gasteiger partial charge in [-0.3, -0.25) is 0 Å². The van der Waals surface area contributed by atoms with E-state index in [1.807, 2.05) is 31.2 Å². The fourth-order valence-electron chi connectivity index (χ4n) is 1.46. The Bertz CT molecular complexity index is 365. The molecular weight excluding hydrogens is 202 g/mol. The summed E-state index contributed by atoms with van der Waals surface area (Å²) in [5.41, 5.74) is 7.45. The van der Waals surface area contributed by atoms with Crippen molar-refractivity contribution in [3.8, 4) is 0 Å². The summed E-state index contributed by atoms with van der Waals surface area (Å²) in [5, 5.41) is 0. The topological polar surface area (TPSA) is 49.6 Å². The Hall–Kier alpha value is -1.71. The smallest absolute Gasteiger partial charge is 0.319 e.